The fraction of sp³-hybridized carbons (Fsp3) is 0.160. The van der Waals surface area contributed by atoms with Crippen LogP contribution in [0.1, 0.15) is 12.0 Å². The molecule has 3 aromatic carbocycles. The number of carbonyl (C=O) groups excluding carboxylic acids is 3. The lowest BCUT2D eigenvalue weighted by Crippen LogP contribution is -2.37. The van der Waals surface area contributed by atoms with E-state index in [4.69, 9.17) is 4.74 Å². The summed E-state index contributed by atoms with van der Waals surface area (Å²) < 4.78 is 32.1. The van der Waals surface area contributed by atoms with E-state index in [-0.39, 0.29) is 13.0 Å². The van der Waals surface area contributed by atoms with Gasteiger partial charge in [0.25, 0.3) is 5.91 Å². The normalized spacial score (nSPS) is 15.6. The van der Waals surface area contributed by atoms with Crippen molar-refractivity contribution in [3.05, 3.63) is 90.0 Å². The van der Waals surface area contributed by atoms with Crippen molar-refractivity contribution in [3.63, 3.8) is 0 Å². The summed E-state index contributed by atoms with van der Waals surface area (Å²) in [6.45, 7) is -0.0721. The molecule has 9 heteroatoms. The smallest absolute Gasteiger partial charge is 0.332 e. The first kappa shape index (κ1) is 22.9. The topological polar surface area (TPSA) is 79.0 Å². The summed E-state index contributed by atoms with van der Waals surface area (Å²) in [5, 5.41) is 2.60. The molecule has 0 bridgehead atoms. The third-order valence-electron chi connectivity index (χ3n) is 5.38. The molecule has 174 valence electrons. The lowest BCUT2D eigenvalue weighted by Gasteiger charge is -2.21. The van der Waals surface area contributed by atoms with Crippen molar-refractivity contribution in [1.82, 2.24) is 4.90 Å². The van der Waals surface area contributed by atoms with Crippen LogP contribution < -0.4 is 15.0 Å². The SMILES string of the molecule is COc1cccc(N2C(=O)C(CC(=O)Nc3ccc(F)cc3)N(Cc3cccc(F)c3)C2=O)c1. The van der Waals surface area contributed by atoms with Gasteiger partial charge < -0.3 is 15.0 Å². The third-order valence-corrected chi connectivity index (χ3v) is 5.38. The highest BCUT2D eigenvalue weighted by atomic mass is 19.1. The van der Waals surface area contributed by atoms with Gasteiger partial charge in [-0.1, -0.05) is 18.2 Å². The molecule has 3 aromatic rings. The Morgan fingerprint density at radius 2 is 1.71 bits per heavy atom. The minimum Gasteiger partial charge on any atom is -0.497 e. The number of amides is 4. The number of halogens is 2. The van der Waals surface area contributed by atoms with Crippen LogP contribution in [0.4, 0.5) is 25.0 Å². The van der Waals surface area contributed by atoms with Gasteiger partial charge in [0.15, 0.2) is 0 Å². The molecule has 0 spiro atoms. The quantitative estimate of drug-likeness (QED) is 0.527. The van der Waals surface area contributed by atoms with Crippen molar-refractivity contribution in [2.45, 2.75) is 19.0 Å². The molecule has 7 nitrogen and oxygen atoms in total. The van der Waals surface area contributed by atoms with Gasteiger partial charge in [-0.15, -0.1) is 0 Å². The van der Waals surface area contributed by atoms with Crippen LogP contribution in [-0.4, -0.2) is 35.9 Å². The van der Waals surface area contributed by atoms with Gasteiger partial charge in [-0.05, 0) is 54.1 Å². The summed E-state index contributed by atoms with van der Waals surface area (Å²) in [5.74, 6) is -1.61. The van der Waals surface area contributed by atoms with Crippen molar-refractivity contribution in [2.75, 3.05) is 17.3 Å². The fourth-order valence-corrected chi connectivity index (χ4v) is 3.75. The molecule has 4 amide bonds. The van der Waals surface area contributed by atoms with Gasteiger partial charge in [0.2, 0.25) is 5.91 Å². The first-order valence-electron chi connectivity index (χ1n) is 10.4. The Kier molecular flexibility index (Phi) is 6.53. The molecular weight excluding hydrogens is 444 g/mol. The summed E-state index contributed by atoms with van der Waals surface area (Å²) in [4.78, 5) is 41.6. The van der Waals surface area contributed by atoms with E-state index in [1.807, 2.05) is 0 Å². The number of urea groups is 1. The molecule has 1 N–H and O–H groups in total. The third kappa shape index (κ3) is 4.88. The van der Waals surface area contributed by atoms with E-state index in [1.165, 1.54) is 60.5 Å². The van der Waals surface area contributed by atoms with Crippen LogP contribution in [0.15, 0.2) is 72.8 Å². The molecule has 1 aliphatic rings. The molecule has 1 unspecified atom stereocenters. The number of rotatable bonds is 7. The first-order chi connectivity index (χ1) is 16.4. The van der Waals surface area contributed by atoms with Crippen LogP contribution in [0.5, 0.6) is 5.75 Å². The molecule has 1 heterocycles. The van der Waals surface area contributed by atoms with Crippen LogP contribution in [0.3, 0.4) is 0 Å². The highest BCUT2D eigenvalue weighted by Crippen LogP contribution is 2.30. The van der Waals surface area contributed by atoms with Crippen LogP contribution in [0.2, 0.25) is 0 Å². The summed E-state index contributed by atoms with van der Waals surface area (Å²) in [7, 11) is 1.46. The van der Waals surface area contributed by atoms with Crippen molar-refractivity contribution < 1.29 is 27.9 Å². The molecule has 1 saturated heterocycles. The number of methoxy groups -OCH3 is 1. The number of anilines is 2. The van der Waals surface area contributed by atoms with E-state index < -0.39 is 35.5 Å². The van der Waals surface area contributed by atoms with Crippen molar-refractivity contribution >= 4 is 29.2 Å². The number of hydrogen-bond donors (Lipinski definition) is 1. The van der Waals surface area contributed by atoms with E-state index in [0.717, 1.165) is 4.90 Å². The van der Waals surface area contributed by atoms with Gasteiger partial charge in [-0.2, -0.15) is 0 Å². The zero-order valence-corrected chi connectivity index (χ0v) is 18.2. The molecule has 0 aromatic heterocycles. The predicted molar refractivity (Wildman–Crippen MR) is 121 cm³/mol. The average Bonchev–Trinajstić information content (AvgIpc) is 3.04. The maximum absolute atomic E-state index is 13.7. The second-order valence-electron chi connectivity index (χ2n) is 7.69. The minimum atomic E-state index is -1.12. The lowest BCUT2D eigenvalue weighted by molar-refractivity contribution is -0.124. The summed E-state index contributed by atoms with van der Waals surface area (Å²) in [6.07, 6.45) is -0.336. The van der Waals surface area contributed by atoms with E-state index in [1.54, 1.807) is 24.3 Å². The second-order valence-corrected chi connectivity index (χ2v) is 7.69. The maximum Gasteiger partial charge on any atom is 0.332 e. The predicted octanol–water partition coefficient (Wildman–Crippen LogP) is 4.34. The molecular formula is C25H21F2N3O4. The number of imide groups is 1. The van der Waals surface area contributed by atoms with Crippen LogP contribution >= 0.6 is 0 Å². The summed E-state index contributed by atoms with van der Waals surface area (Å²) in [6, 6.07) is 15.5. The van der Waals surface area contributed by atoms with Gasteiger partial charge in [0.05, 0.1) is 19.2 Å². The Bertz CT molecular complexity index is 1230. The standard InChI is InChI=1S/C25H21F2N3O4/c1-34-21-7-3-6-20(13-21)30-24(32)22(14-23(31)28-19-10-8-17(26)9-11-19)29(25(30)33)15-16-4-2-5-18(27)12-16/h2-13,22H,14-15H2,1H3,(H,28,31). The van der Waals surface area contributed by atoms with Crippen molar-refractivity contribution in [3.8, 4) is 5.75 Å². The zero-order chi connectivity index (χ0) is 24.2. The molecule has 1 fully saturated rings. The first-order valence-corrected chi connectivity index (χ1v) is 10.4. The molecule has 0 saturated carbocycles. The Hall–Kier alpha value is -4.27. The Morgan fingerprint density at radius 1 is 0.971 bits per heavy atom. The monoisotopic (exact) mass is 465 g/mol. The number of nitrogens with zero attached hydrogens (tertiary/aromatic N) is 2. The molecule has 34 heavy (non-hydrogen) atoms. The lowest BCUT2D eigenvalue weighted by atomic mass is 10.1. The van der Waals surface area contributed by atoms with Gasteiger partial charge in [0.1, 0.15) is 23.4 Å². The number of benzene rings is 3. The number of ether oxygens (including phenoxy) is 1. The highest BCUT2D eigenvalue weighted by molar-refractivity contribution is 6.22. The van der Waals surface area contributed by atoms with Crippen molar-refractivity contribution in [1.29, 1.82) is 0 Å². The molecule has 1 atom stereocenters. The highest BCUT2D eigenvalue weighted by Gasteiger charge is 2.46. The molecule has 0 radical (unpaired) electrons. The van der Waals surface area contributed by atoms with E-state index in [2.05, 4.69) is 5.32 Å². The maximum atomic E-state index is 13.7. The summed E-state index contributed by atoms with van der Waals surface area (Å²) >= 11 is 0. The van der Waals surface area contributed by atoms with Gasteiger partial charge in [-0.25, -0.2) is 18.5 Å². The fourth-order valence-electron chi connectivity index (χ4n) is 3.75. The van der Waals surface area contributed by atoms with Gasteiger partial charge >= 0.3 is 6.03 Å². The second kappa shape index (κ2) is 9.70. The van der Waals surface area contributed by atoms with Crippen LogP contribution in [-0.2, 0) is 16.1 Å². The summed E-state index contributed by atoms with van der Waals surface area (Å²) in [5.41, 5.74) is 1.11. The van der Waals surface area contributed by atoms with Crippen molar-refractivity contribution in [2.24, 2.45) is 0 Å². The Balaban J connectivity index is 1.62. The van der Waals surface area contributed by atoms with Crippen LogP contribution in [0.25, 0.3) is 0 Å². The Labute approximate surface area is 194 Å². The largest absolute Gasteiger partial charge is 0.497 e. The van der Waals surface area contributed by atoms with E-state index >= 15 is 0 Å². The van der Waals surface area contributed by atoms with Gasteiger partial charge in [-0.3, -0.25) is 9.59 Å². The van der Waals surface area contributed by atoms with E-state index in [9.17, 15) is 23.2 Å². The zero-order valence-electron chi connectivity index (χ0n) is 18.2. The van der Waals surface area contributed by atoms with E-state index in [0.29, 0.717) is 22.7 Å². The Morgan fingerprint density at radius 3 is 2.41 bits per heavy atom. The van der Waals surface area contributed by atoms with Crippen LogP contribution in [0, 0.1) is 11.6 Å². The average molecular weight is 465 g/mol. The number of nitrogens with one attached hydrogen (secondary N) is 1. The van der Waals surface area contributed by atoms with Gasteiger partial charge in [0, 0.05) is 18.3 Å². The molecule has 1 aliphatic heterocycles. The molecule has 0 aliphatic carbocycles. The number of carbonyl (C=O) groups is 3. The molecule has 4 rings (SSSR count). The minimum absolute atomic E-state index is 0.0721. The number of hydrogen-bond acceptors (Lipinski definition) is 4.